The molecule has 0 aliphatic carbocycles. The predicted molar refractivity (Wildman–Crippen MR) is 143 cm³/mol. The van der Waals surface area contributed by atoms with Crippen molar-refractivity contribution in [3.63, 3.8) is 0 Å². The molecule has 2 N–H and O–H groups in total. The minimum Gasteiger partial charge on any atom is -0.480 e. The fraction of sp³-hybridized carbons (Fsp3) is 0.500. The average Bonchev–Trinajstić information content (AvgIpc) is 2.74. The number of hydrogen-bond donors (Lipinski definition) is 2. The van der Waals surface area contributed by atoms with E-state index in [-0.39, 0.29) is 6.42 Å². The van der Waals surface area contributed by atoms with E-state index >= 15 is 0 Å². The number of nitrogens with one attached hydrogen (secondary N) is 1. The quantitative estimate of drug-likeness (QED) is 0.398. The first-order valence-corrected chi connectivity index (χ1v) is 12.6. The molecule has 0 aliphatic rings. The molecule has 0 spiro atoms. The van der Waals surface area contributed by atoms with E-state index < -0.39 is 40.8 Å². The second-order valence-electron chi connectivity index (χ2n) is 11.6. The summed E-state index contributed by atoms with van der Waals surface area (Å²) in [6.45, 7) is 12.7. The number of carbonyl (C=O) groups is 3. The van der Waals surface area contributed by atoms with Gasteiger partial charge in [0.15, 0.2) is 0 Å². The minimum atomic E-state index is -1.10. The van der Waals surface area contributed by atoms with Crippen LogP contribution in [0.15, 0.2) is 48.5 Å². The molecule has 0 saturated heterocycles. The van der Waals surface area contributed by atoms with Gasteiger partial charge in [0.05, 0.1) is 6.42 Å². The van der Waals surface area contributed by atoms with Gasteiger partial charge in [0, 0.05) is 5.92 Å². The fourth-order valence-electron chi connectivity index (χ4n) is 4.06. The Balaban J connectivity index is 2.07. The molecule has 2 atom stereocenters. The number of carbonyl (C=O) groups excluding carboxylic acids is 2. The highest BCUT2D eigenvalue weighted by molar-refractivity contribution is 5.88. The minimum absolute atomic E-state index is 0.0914. The van der Waals surface area contributed by atoms with Crippen LogP contribution in [0.1, 0.15) is 71.9 Å². The van der Waals surface area contributed by atoms with Crippen molar-refractivity contribution in [1.29, 1.82) is 0 Å². The fourth-order valence-corrected chi connectivity index (χ4v) is 4.06. The van der Waals surface area contributed by atoms with Crippen LogP contribution < -0.4 is 5.32 Å². The van der Waals surface area contributed by atoms with Crippen molar-refractivity contribution < 1.29 is 24.2 Å². The molecule has 0 fully saturated rings. The maximum absolute atomic E-state index is 13.1. The average molecular weight is 496 g/mol. The molecule has 2 aromatic rings. The second kappa shape index (κ2) is 12.2. The van der Waals surface area contributed by atoms with Gasteiger partial charge in [-0.25, -0.2) is 4.79 Å². The molecule has 0 radical (unpaired) electrons. The Morgan fingerprint density at radius 3 is 2.11 bits per heavy atom. The Morgan fingerprint density at radius 2 is 1.58 bits per heavy atom. The lowest BCUT2D eigenvalue weighted by atomic mass is 9.86. The van der Waals surface area contributed by atoms with Crippen LogP contribution in [0.2, 0.25) is 0 Å². The number of benzene rings is 2. The third-order valence-electron chi connectivity index (χ3n) is 5.93. The normalized spacial score (nSPS) is 13.5. The Labute approximate surface area is 215 Å². The van der Waals surface area contributed by atoms with E-state index in [1.165, 1.54) is 11.1 Å². The first-order chi connectivity index (χ1) is 16.7. The summed E-state index contributed by atoms with van der Waals surface area (Å²) in [5.74, 6) is -2.66. The predicted octanol–water partition coefficient (Wildman–Crippen LogP) is 5.95. The molecule has 2 rings (SSSR count). The van der Waals surface area contributed by atoms with Crippen molar-refractivity contribution in [3.05, 3.63) is 59.7 Å². The van der Waals surface area contributed by atoms with Gasteiger partial charge in [-0.2, -0.15) is 0 Å². The Morgan fingerprint density at radius 1 is 0.944 bits per heavy atom. The van der Waals surface area contributed by atoms with E-state index in [4.69, 9.17) is 4.74 Å². The third-order valence-corrected chi connectivity index (χ3v) is 5.93. The number of carboxylic acids is 1. The van der Waals surface area contributed by atoms with Crippen LogP contribution in [-0.4, -0.2) is 34.6 Å². The summed E-state index contributed by atoms with van der Waals surface area (Å²) in [6.07, 6.45) is 1.78. The van der Waals surface area contributed by atoms with Crippen LogP contribution in [-0.2, 0) is 25.5 Å². The van der Waals surface area contributed by atoms with Gasteiger partial charge in [0.25, 0.3) is 0 Å². The maximum atomic E-state index is 13.1. The molecule has 6 heteroatoms. The van der Waals surface area contributed by atoms with Crippen molar-refractivity contribution in [2.75, 3.05) is 0 Å². The van der Waals surface area contributed by atoms with Gasteiger partial charge in [0.2, 0.25) is 5.91 Å². The SMILES string of the molecule is Cc1cccc(-c2ccc(CCC[C@H](CC(=O)OC(C)(C)C)C(=O)N[C@H](C(=O)O)C(C)(C)C)cc2)c1. The van der Waals surface area contributed by atoms with Crippen LogP contribution in [0, 0.1) is 18.3 Å². The molecule has 6 nitrogen and oxygen atoms in total. The lowest BCUT2D eigenvalue weighted by Crippen LogP contribution is -2.51. The summed E-state index contributed by atoms with van der Waals surface area (Å²) in [4.78, 5) is 37.4. The van der Waals surface area contributed by atoms with E-state index in [0.717, 1.165) is 17.5 Å². The number of esters is 1. The first kappa shape index (κ1) is 29.1. The molecule has 0 unspecified atom stereocenters. The number of hydrogen-bond acceptors (Lipinski definition) is 4. The van der Waals surface area contributed by atoms with E-state index in [1.807, 2.05) is 6.07 Å². The van der Waals surface area contributed by atoms with Crippen molar-refractivity contribution in [2.24, 2.45) is 11.3 Å². The van der Waals surface area contributed by atoms with Crippen LogP contribution in [0.25, 0.3) is 11.1 Å². The van der Waals surface area contributed by atoms with Gasteiger partial charge in [-0.3, -0.25) is 9.59 Å². The largest absolute Gasteiger partial charge is 0.480 e. The highest BCUT2D eigenvalue weighted by Crippen LogP contribution is 2.24. The van der Waals surface area contributed by atoms with Gasteiger partial charge < -0.3 is 15.2 Å². The zero-order valence-corrected chi connectivity index (χ0v) is 22.7. The first-order valence-electron chi connectivity index (χ1n) is 12.6. The number of ether oxygens (including phenoxy) is 1. The van der Waals surface area contributed by atoms with Gasteiger partial charge in [-0.15, -0.1) is 0 Å². The van der Waals surface area contributed by atoms with Crippen LogP contribution in [0.3, 0.4) is 0 Å². The number of amides is 1. The molecule has 0 bridgehead atoms. The van der Waals surface area contributed by atoms with E-state index in [1.54, 1.807) is 41.5 Å². The number of aryl methyl sites for hydroxylation is 2. The summed E-state index contributed by atoms with van der Waals surface area (Å²) in [5.41, 5.74) is 3.33. The molecule has 36 heavy (non-hydrogen) atoms. The number of rotatable bonds is 10. The molecular weight excluding hydrogens is 454 g/mol. The lowest BCUT2D eigenvalue weighted by Gasteiger charge is -2.29. The van der Waals surface area contributed by atoms with Crippen LogP contribution in [0.5, 0.6) is 0 Å². The smallest absolute Gasteiger partial charge is 0.326 e. The molecular formula is C30H41NO5. The van der Waals surface area contributed by atoms with Crippen molar-refractivity contribution in [3.8, 4) is 11.1 Å². The molecule has 1 amide bonds. The van der Waals surface area contributed by atoms with Crippen LogP contribution in [0.4, 0.5) is 0 Å². The zero-order valence-electron chi connectivity index (χ0n) is 22.7. The van der Waals surface area contributed by atoms with E-state index in [9.17, 15) is 19.5 Å². The van der Waals surface area contributed by atoms with Crippen LogP contribution >= 0.6 is 0 Å². The summed E-state index contributed by atoms with van der Waals surface area (Å²) in [5, 5.41) is 12.3. The van der Waals surface area contributed by atoms with Gasteiger partial charge >= 0.3 is 11.9 Å². The van der Waals surface area contributed by atoms with Crippen molar-refractivity contribution in [2.45, 2.75) is 85.8 Å². The Hall–Kier alpha value is -3.15. The van der Waals surface area contributed by atoms with E-state index in [0.29, 0.717) is 12.8 Å². The maximum Gasteiger partial charge on any atom is 0.326 e. The highest BCUT2D eigenvalue weighted by atomic mass is 16.6. The monoisotopic (exact) mass is 495 g/mol. The second-order valence-corrected chi connectivity index (χ2v) is 11.6. The zero-order chi connectivity index (χ0) is 27.1. The Bertz CT molecular complexity index is 1040. The molecule has 196 valence electrons. The van der Waals surface area contributed by atoms with Crippen molar-refractivity contribution >= 4 is 17.8 Å². The molecule has 0 aromatic heterocycles. The molecule has 0 aliphatic heterocycles. The molecule has 2 aromatic carbocycles. The lowest BCUT2D eigenvalue weighted by molar-refractivity contribution is -0.157. The molecule has 0 saturated carbocycles. The Kier molecular flexibility index (Phi) is 9.85. The van der Waals surface area contributed by atoms with E-state index in [2.05, 4.69) is 54.7 Å². The summed E-state index contributed by atoms with van der Waals surface area (Å²) >= 11 is 0. The summed E-state index contributed by atoms with van der Waals surface area (Å²) < 4.78 is 5.43. The topological polar surface area (TPSA) is 92.7 Å². The molecule has 0 heterocycles. The summed E-state index contributed by atoms with van der Waals surface area (Å²) in [6, 6.07) is 15.7. The van der Waals surface area contributed by atoms with Gasteiger partial charge in [-0.05, 0) is 69.1 Å². The third kappa shape index (κ3) is 9.48. The number of carboxylic acid groups (broad SMARTS) is 1. The number of aliphatic carboxylic acids is 1. The van der Waals surface area contributed by atoms with Gasteiger partial charge in [-0.1, -0.05) is 74.9 Å². The van der Waals surface area contributed by atoms with Crippen molar-refractivity contribution in [1.82, 2.24) is 5.32 Å². The van der Waals surface area contributed by atoms with Gasteiger partial charge in [0.1, 0.15) is 11.6 Å². The summed E-state index contributed by atoms with van der Waals surface area (Å²) in [7, 11) is 0. The highest BCUT2D eigenvalue weighted by Gasteiger charge is 2.35. The standard InChI is InChI=1S/C30H41NO5/c1-20-10-8-12-23(18-20)22-16-14-21(15-17-22)11-9-13-24(19-25(32)36-30(5,6)7)27(33)31-26(28(34)35)29(2,3)4/h8,10,12,14-18,24,26H,9,11,13,19H2,1-7H3,(H,31,33)(H,34,35)/t24-,26-/m1/s1.